The number of nitrogen functional groups attached to an aromatic ring is 2. The van der Waals surface area contributed by atoms with Crippen molar-refractivity contribution in [2.24, 2.45) is 0 Å². The SMILES string of the molecule is Nc1cccnc1-c1ncccc1N.[Cu+2].[N-]=C=S.[N-]=C=S. The van der Waals surface area contributed by atoms with Gasteiger partial charge in [-0.25, -0.2) is 0 Å². The number of aromatic nitrogens is 2. The summed E-state index contributed by atoms with van der Waals surface area (Å²) in [5.41, 5.74) is 13.9. The summed E-state index contributed by atoms with van der Waals surface area (Å²) in [4.78, 5) is 8.28. The Labute approximate surface area is 143 Å². The fraction of sp³-hybridized carbons (Fsp3) is 0. The maximum absolute atomic E-state index is 7.13. The van der Waals surface area contributed by atoms with Gasteiger partial charge in [0.05, 0.1) is 11.4 Å². The van der Waals surface area contributed by atoms with E-state index >= 15 is 0 Å². The van der Waals surface area contributed by atoms with Crippen LogP contribution in [0.1, 0.15) is 0 Å². The summed E-state index contributed by atoms with van der Waals surface area (Å²) in [6.45, 7) is 0. The first-order valence-electron chi connectivity index (χ1n) is 5.06. The second kappa shape index (κ2) is 13.0. The van der Waals surface area contributed by atoms with Crippen LogP contribution in [0.4, 0.5) is 11.4 Å². The zero-order chi connectivity index (χ0) is 15.4. The van der Waals surface area contributed by atoms with Crippen LogP contribution in [0.5, 0.6) is 0 Å². The summed E-state index contributed by atoms with van der Waals surface area (Å²) in [7, 11) is 0. The molecule has 0 amide bonds. The smallest absolute Gasteiger partial charge is 0.753 e. The Balaban J connectivity index is 0. The number of rotatable bonds is 1. The fourth-order valence-electron chi connectivity index (χ4n) is 1.23. The summed E-state index contributed by atoms with van der Waals surface area (Å²) in [5.74, 6) is 0. The van der Waals surface area contributed by atoms with Gasteiger partial charge in [0.2, 0.25) is 0 Å². The Morgan fingerprint density at radius 2 is 1.14 bits per heavy atom. The van der Waals surface area contributed by atoms with Crippen molar-refractivity contribution in [2.75, 3.05) is 11.5 Å². The minimum Gasteiger partial charge on any atom is -0.753 e. The van der Waals surface area contributed by atoms with Crippen molar-refractivity contribution >= 4 is 46.1 Å². The van der Waals surface area contributed by atoms with Gasteiger partial charge in [0.1, 0.15) is 11.4 Å². The van der Waals surface area contributed by atoms with Crippen molar-refractivity contribution in [1.82, 2.24) is 9.97 Å². The van der Waals surface area contributed by atoms with E-state index < -0.39 is 0 Å². The van der Waals surface area contributed by atoms with Gasteiger partial charge in [0.15, 0.2) is 0 Å². The first kappa shape index (κ1) is 21.3. The van der Waals surface area contributed by atoms with E-state index in [-0.39, 0.29) is 17.1 Å². The van der Waals surface area contributed by atoms with Crippen molar-refractivity contribution in [2.45, 2.75) is 0 Å². The third kappa shape index (κ3) is 8.02. The quantitative estimate of drug-likeness (QED) is 0.455. The van der Waals surface area contributed by atoms with Crippen LogP contribution in [0.3, 0.4) is 0 Å². The van der Waals surface area contributed by atoms with E-state index in [1.165, 1.54) is 10.3 Å². The van der Waals surface area contributed by atoms with E-state index in [9.17, 15) is 0 Å². The molecule has 0 aliphatic rings. The van der Waals surface area contributed by atoms with Crippen molar-refractivity contribution in [3.63, 3.8) is 0 Å². The molecule has 21 heavy (non-hydrogen) atoms. The zero-order valence-electron chi connectivity index (χ0n) is 10.5. The number of thiocarbonyl (C=S) groups is 2. The van der Waals surface area contributed by atoms with Crippen LogP contribution in [0.25, 0.3) is 22.2 Å². The third-order valence-corrected chi connectivity index (χ3v) is 1.90. The van der Waals surface area contributed by atoms with Gasteiger partial charge in [0, 0.05) is 12.4 Å². The topological polar surface area (TPSA) is 122 Å². The molecule has 0 unspecified atom stereocenters. The molecule has 0 spiro atoms. The molecule has 2 aromatic rings. The molecule has 0 fully saturated rings. The van der Waals surface area contributed by atoms with Crippen LogP contribution >= 0.6 is 24.4 Å². The molecule has 2 aromatic heterocycles. The predicted molar refractivity (Wildman–Crippen MR) is 88.2 cm³/mol. The number of hydrogen-bond acceptors (Lipinski definition) is 6. The normalized spacial score (nSPS) is 7.43. The predicted octanol–water partition coefficient (Wildman–Crippen LogP) is 2.62. The van der Waals surface area contributed by atoms with Gasteiger partial charge in [-0.05, 0) is 24.3 Å². The van der Waals surface area contributed by atoms with Gasteiger partial charge in [0.25, 0.3) is 0 Å². The molecular formula is C12H10CuN6S2. The molecule has 0 saturated carbocycles. The molecule has 9 heteroatoms. The number of nitrogens with zero attached hydrogens (tertiary/aromatic N) is 4. The standard InChI is InChI=1S/C10H10N4.2CNS.Cu/c11-7-3-1-5-13-9(7)10-8(12)4-2-6-14-10;2*2-1-3;/h1-6H,11-12H2;;;/q;2*-1;+2. The Kier molecular flexibility index (Phi) is 13.2. The van der Waals surface area contributed by atoms with Crippen molar-refractivity contribution < 1.29 is 17.1 Å². The van der Waals surface area contributed by atoms with Crippen molar-refractivity contribution in [3.8, 4) is 11.4 Å². The second-order valence-electron chi connectivity index (χ2n) is 3.07. The van der Waals surface area contributed by atoms with E-state index in [0.717, 1.165) is 0 Å². The van der Waals surface area contributed by atoms with Crippen LogP contribution in [0, 0.1) is 0 Å². The Morgan fingerprint density at radius 3 is 1.38 bits per heavy atom. The minimum atomic E-state index is 0. The molecule has 2 rings (SSSR count). The minimum absolute atomic E-state index is 0. The molecule has 0 bridgehead atoms. The van der Waals surface area contributed by atoms with E-state index in [2.05, 4.69) is 34.4 Å². The Hall–Kier alpha value is -1.98. The summed E-state index contributed by atoms with van der Waals surface area (Å²) < 4.78 is 0. The van der Waals surface area contributed by atoms with Gasteiger partial charge >= 0.3 is 17.1 Å². The Bertz CT molecular complexity index is 567. The van der Waals surface area contributed by atoms with Gasteiger partial charge in [-0.1, -0.05) is 24.4 Å². The van der Waals surface area contributed by atoms with Crippen LogP contribution in [-0.4, -0.2) is 20.3 Å². The third-order valence-electron chi connectivity index (χ3n) is 1.90. The van der Waals surface area contributed by atoms with Gasteiger partial charge in [-0.2, -0.15) is 10.3 Å². The van der Waals surface area contributed by atoms with Crippen LogP contribution in [0.15, 0.2) is 36.7 Å². The molecule has 2 heterocycles. The molecule has 111 valence electrons. The number of anilines is 2. The van der Waals surface area contributed by atoms with Crippen molar-refractivity contribution in [3.05, 3.63) is 47.5 Å². The van der Waals surface area contributed by atoms with Gasteiger partial charge < -0.3 is 22.3 Å². The molecule has 0 aliphatic carbocycles. The van der Waals surface area contributed by atoms with Gasteiger partial charge in [-0.15, -0.1) is 0 Å². The number of pyridine rings is 2. The average Bonchev–Trinajstić information content (AvgIpc) is 2.42. The van der Waals surface area contributed by atoms with E-state index in [1.54, 1.807) is 36.7 Å². The summed E-state index contributed by atoms with van der Waals surface area (Å²) in [5, 5.41) is 16.9. The molecule has 0 aromatic carbocycles. The number of isothiocyanates is 2. The number of hydrogen-bond donors (Lipinski definition) is 2. The number of nitrogens with two attached hydrogens (primary N) is 2. The zero-order valence-corrected chi connectivity index (χ0v) is 13.1. The van der Waals surface area contributed by atoms with Crippen LogP contribution in [0.2, 0.25) is 0 Å². The Morgan fingerprint density at radius 1 is 0.857 bits per heavy atom. The van der Waals surface area contributed by atoms with Crippen molar-refractivity contribution in [1.29, 1.82) is 0 Å². The monoisotopic (exact) mass is 365 g/mol. The van der Waals surface area contributed by atoms with Crippen LogP contribution < -0.4 is 11.5 Å². The molecule has 0 saturated heterocycles. The van der Waals surface area contributed by atoms with E-state index in [1.807, 2.05) is 0 Å². The van der Waals surface area contributed by atoms with E-state index in [0.29, 0.717) is 22.8 Å². The largest absolute Gasteiger partial charge is 2.00 e. The maximum Gasteiger partial charge on any atom is 2.00 e. The summed E-state index contributed by atoms with van der Waals surface area (Å²) in [6.07, 6.45) is 3.33. The van der Waals surface area contributed by atoms with E-state index in [4.69, 9.17) is 22.3 Å². The first-order chi connectivity index (χ1) is 9.62. The second-order valence-corrected chi connectivity index (χ2v) is 3.43. The molecule has 6 nitrogen and oxygen atoms in total. The van der Waals surface area contributed by atoms with Gasteiger partial charge in [-0.3, -0.25) is 9.97 Å². The molecule has 4 N–H and O–H groups in total. The summed E-state index contributed by atoms with van der Waals surface area (Å²) >= 11 is 7.40. The molecule has 0 atom stereocenters. The first-order valence-corrected chi connectivity index (χ1v) is 5.87. The molecule has 1 radical (unpaired) electrons. The average molecular weight is 366 g/mol. The molecule has 0 aliphatic heterocycles. The maximum atomic E-state index is 7.13. The molecular weight excluding hydrogens is 356 g/mol. The summed E-state index contributed by atoms with van der Waals surface area (Å²) in [6, 6.07) is 7.10. The fourth-order valence-corrected chi connectivity index (χ4v) is 1.23. The van der Waals surface area contributed by atoms with Crippen LogP contribution in [-0.2, 0) is 17.1 Å².